The highest BCUT2D eigenvalue weighted by molar-refractivity contribution is 6.34. The zero-order valence-corrected chi connectivity index (χ0v) is 7.32. The zero-order valence-electron chi connectivity index (χ0n) is 7.32. The third-order valence-electron chi connectivity index (χ3n) is 3.10. The Morgan fingerprint density at radius 2 is 1.77 bits per heavy atom. The maximum atomic E-state index is 11.3. The molecule has 5 nitrogen and oxygen atoms in total. The van der Waals surface area contributed by atoms with Crippen molar-refractivity contribution in [2.24, 2.45) is 17.7 Å². The molecule has 1 heterocycles. The van der Waals surface area contributed by atoms with Gasteiger partial charge in [-0.25, -0.2) is 5.84 Å². The number of nitrogens with zero attached hydrogens (tertiary/aromatic N) is 1. The summed E-state index contributed by atoms with van der Waals surface area (Å²) in [7, 11) is 0. The Balaban J connectivity index is 1.95. The highest BCUT2D eigenvalue weighted by Gasteiger charge is 2.42. The van der Waals surface area contributed by atoms with Gasteiger partial charge in [-0.05, 0) is 24.7 Å². The lowest BCUT2D eigenvalue weighted by atomic mass is 9.77. The molecule has 13 heavy (non-hydrogen) atoms. The number of carbonyl (C=O) groups is 2. The Labute approximate surface area is 76.2 Å². The quantitative estimate of drug-likeness (QED) is 0.215. The molecule has 1 aliphatic heterocycles. The lowest BCUT2D eigenvalue weighted by Crippen LogP contribution is -2.44. The Kier molecular flexibility index (Phi) is 1.95. The molecule has 0 spiro atoms. The van der Waals surface area contributed by atoms with E-state index in [2.05, 4.69) is 0 Å². The number of likely N-dealkylation sites (tertiary alicyclic amines) is 1. The largest absolute Gasteiger partial charge is 0.334 e. The van der Waals surface area contributed by atoms with Crippen molar-refractivity contribution in [3.63, 3.8) is 0 Å². The summed E-state index contributed by atoms with van der Waals surface area (Å²) in [5, 5.41) is 0. The monoisotopic (exact) mass is 183 g/mol. The molecular weight excluding hydrogens is 170 g/mol. The molecule has 2 aliphatic rings. The molecule has 3 N–H and O–H groups in total. The van der Waals surface area contributed by atoms with Crippen molar-refractivity contribution in [1.82, 2.24) is 10.3 Å². The molecule has 0 aromatic carbocycles. The van der Waals surface area contributed by atoms with E-state index in [1.807, 2.05) is 5.43 Å². The van der Waals surface area contributed by atoms with Crippen molar-refractivity contribution in [2.75, 3.05) is 13.1 Å². The van der Waals surface area contributed by atoms with Gasteiger partial charge in [-0.1, -0.05) is 0 Å². The predicted molar refractivity (Wildman–Crippen MR) is 45.1 cm³/mol. The standard InChI is InChI=1S/C8H13N3O2/c9-10-7(12)8(13)11-3-5-1-2-6(5)4-11/h5-6H,1-4,9H2,(H,10,12). The average molecular weight is 183 g/mol. The van der Waals surface area contributed by atoms with Gasteiger partial charge in [0.15, 0.2) is 0 Å². The van der Waals surface area contributed by atoms with Crippen LogP contribution in [-0.2, 0) is 9.59 Å². The van der Waals surface area contributed by atoms with Crippen LogP contribution in [0, 0.1) is 11.8 Å². The third-order valence-corrected chi connectivity index (χ3v) is 3.10. The molecule has 2 rings (SSSR count). The van der Waals surface area contributed by atoms with Crippen LogP contribution in [0.25, 0.3) is 0 Å². The predicted octanol–water partition coefficient (Wildman–Crippen LogP) is -1.16. The fourth-order valence-electron chi connectivity index (χ4n) is 2.13. The Bertz CT molecular complexity index is 242. The number of rotatable bonds is 0. The van der Waals surface area contributed by atoms with Crippen molar-refractivity contribution in [2.45, 2.75) is 12.8 Å². The highest BCUT2D eigenvalue weighted by atomic mass is 16.2. The molecule has 0 aromatic rings. The molecule has 2 fully saturated rings. The van der Waals surface area contributed by atoms with E-state index in [-0.39, 0.29) is 0 Å². The summed E-state index contributed by atoms with van der Waals surface area (Å²) < 4.78 is 0. The van der Waals surface area contributed by atoms with Crippen LogP contribution in [0.1, 0.15) is 12.8 Å². The van der Waals surface area contributed by atoms with Gasteiger partial charge in [0, 0.05) is 13.1 Å². The normalized spacial score (nSPS) is 30.7. The highest BCUT2D eigenvalue weighted by Crippen LogP contribution is 2.40. The van der Waals surface area contributed by atoms with E-state index < -0.39 is 11.8 Å². The van der Waals surface area contributed by atoms with Gasteiger partial charge >= 0.3 is 11.8 Å². The Morgan fingerprint density at radius 1 is 1.23 bits per heavy atom. The van der Waals surface area contributed by atoms with Crippen LogP contribution in [0.2, 0.25) is 0 Å². The molecule has 2 amide bonds. The number of hydrazine groups is 1. The van der Waals surface area contributed by atoms with Crippen molar-refractivity contribution < 1.29 is 9.59 Å². The topological polar surface area (TPSA) is 75.4 Å². The fourth-order valence-corrected chi connectivity index (χ4v) is 2.13. The third kappa shape index (κ3) is 1.29. The molecule has 1 aliphatic carbocycles. The smallest absolute Gasteiger partial charge is 0.323 e. The van der Waals surface area contributed by atoms with Gasteiger partial charge in [-0.2, -0.15) is 0 Å². The number of fused-ring (bicyclic) bond motifs is 1. The van der Waals surface area contributed by atoms with Crippen LogP contribution in [0.15, 0.2) is 0 Å². The van der Waals surface area contributed by atoms with Gasteiger partial charge in [0.1, 0.15) is 0 Å². The molecule has 72 valence electrons. The number of hydrogen-bond donors (Lipinski definition) is 2. The number of carbonyl (C=O) groups excluding carboxylic acids is 2. The second-order valence-corrected chi connectivity index (χ2v) is 3.78. The minimum absolute atomic E-state index is 0.489. The van der Waals surface area contributed by atoms with E-state index in [1.165, 1.54) is 12.8 Å². The minimum atomic E-state index is -0.707. The summed E-state index contributed by atoms with van der Waals surface area (Å²) in [6.45, 7) is 1.47. The van der Waals surface area contributed by atoms with Gasteiger partial charge in [0.05, 0.1) is 0 Å². The molecule has 1 saturated heterocycles. The molecule has 5 heteroatoms. The number of nitrogens with two attached hydrogens (primary N) is 1. The van der Waals surface area contributed by atoms with Gasteiger partial charge in [-0.15, -0.1) is 0 Å². The van der Waals surface area contributed by atoms with Crippen LogP contribution >= 0.6 is 0 Å². The summed E-state index contributed by atoms with van der Waals surface area (Å²) in [5.41, 5.74) is 1.86. The zero-order chi connectivity index (χ0) is 9.42. The second-order valence-electron chi connectivity index (χ2n) is 3.78. The first kappa shape index (κ1) is 8.50. The van der Waals surface area contributed by atoms with Crippen molar-refractivity contribution >= 4 is 11.8 Å². The maximum absolute atomic E-state index is 11.3. The van der Waals surface area contributed by atoms with Gasteiger partial charge in [0.25, 0.3) is 0 Å². The number of amides is 2. The molecule has 2 atom stereocenters. The first-order valence-electron chi connectivity index (χ1n) is 4.52. The summed E-state index contributed by atoms with van der Waals surface area (Å²) in [6, 6.07) is 0. The first-order chi connectivity index (χ1) is 6.22. The average Bonchev–Trinajstić information content (AvgIpc) is 2.40. The molecule has 0 bridgehead atoms. The number of hydrogen-bond acceptors (Lipinski definition) is 3. The number of nitrogens with one attached hydrogen (secondary N) is 1. The van der Waals surface area contributed by atoms with Crippen molar-refractivity contribution in [1.29, 1.82) is 0 Å². The fraction of sp³-hybridized carbons (Fsp3) is 0.750. The second kappa shape index (κ2) is 2.99. The van der Waals surface area contributed by atoms with E-state index in [0.29, 0.717) is 11.8 Å². The lowest BCUT2D eigenvalue weighted by Gasteiger charge is -2.27. The molecular formula is C8H13N3O2. The lowest BCUT2D eigenvalue weighted by molar-refractivity contribution is -0.145. The van der Waals surface area contributed by atoms with Crippen LogP contribution in [-0.4, -0.2) is 29.8 Å². The van der Waals surface area contributed by atoms with E-state index in [1.54, 1.807) is 4.90 Å². The van der Waals surface area contributed by atoms with Crippen molar-refractivity contribution in [3.8, 4) is 0 Å². The molecule has 0 aromatic heterocycles. The molecule has 1 saturated carbocycles. The SMILES string of the molecule is NNC(=O)C(=O)N1CC2CCC2C1. The summed E-state index contributed by atoms with van der Waals surface area (Å²) in [5.74, 6) is 4.95. The van der Waals surface area contributed by atoms with Gasteiger partial charge in [-0.3, -0.25) is 15.0 Å². The Hall–Kier alpha value is -1.10. The first-order valence-corrected chi connectivity index (χ1v) is 4.52. The van der Waals surface area contributed by atoms with E-state index >= 15 is 0 Å². The van der Waals surface area contributed by atoms with Gasteiger partial charge < -0.3 is 4.90 Å². The van der Waals surface area contributed by atoms with Gasteiger partial charge in [0.2, 0.25) is 0 Å². The molecule has 2 unspecified atom stereocenters. The molecule has 0 radical (unpaired) electrons. The summed E-state index contributed by atoms with van der Waals surface area (Å²) >= 11 is 0. The van der Waals surface area contributed by atoms with Crippen LogP contribution in [0.5, 0.6) is 0 Å². The van der Waals surface area contributed by atoms with Crippen LogP contribution in [0.4, 0.5) is 0 Å². The van der Waals surface area contributed by atoms with E-state index in [0.717, 1.165) is 13.1 Å². The van der Waals surface area contributed by atoms with E-state index in [4.69, 9.17) is 5.84 Å². The summed E-state index contributed by atoms with van der Waals surface area (Å²) in [4.78, 5) is 23.8. The minimum Gasteiger partial charge on any atom is -0.334 e. The van der Waals surface area contributed by atoms with Crippen LogP contribution < -0.4 is 11.3 Å². The van der Waals surface area contributed by atoms with Crippen LogP contribution in [0.3, 0.4) is 0 Å². The Morgan fingerprint density at radius 3 is 2.15 bits per heavy atom. The maximum Gasteiger partial charge on any atom is 0.323 e. The summed E-state index contributed by atoms with van der Waals surface area (Å²) in [6.07, 6.45) is 2.39. The van der Waals surface area contributed by atoms with Crippen molar-refractivity contribution in [3.05, 3.63) is 0 Å². The van der Waals surface area contributed by atoms with E-state index in [9.17, 15) is 9.59 Å².